The van der Waals surface area contributed by atoms with E-state index in [1.54, 1.807) is 0 Å². The number of rotatable bonds is 6. The second-order valence-corrected chi connectivity index (χ2v) is 3.62. The van der Waals surface area contributed by atoms with Crippen molar-refractivity contribution in [1.82, 2.24) is 10.3 Å². The van der Waals surface area contributed by atoms with Crippen molar-refractivity contribution in [3.05, 3.63) is 29.6 Å². The third-order valence-electron chi connectivity index (χ3n) is 2.25. The molecule has 84 valence electrons. The van der Waals surface area contributed by atoms with Gasteiger partial charge in [-0.1, -0.05) is 13.0 Å². The molecule has 1 N–H and O–H groups in total. The molecule has 1 heterocycles. The Morgan fingerprint density at radius 2 is 2.27 bits per heavy atom. The lowest BCUT2D eigenvalue weighted by Crippen LogP contribution is -2.23. The van der Waals surface area contributed by atoms with Crippen LogP contribution in [0.1, 0.15) is 30.8 Å². The summed E-state index contributed by atoms with van der Waals surface area (Å²) < 4.78 is 5.53. The highest BCUT2D eigenvalue weighted by Gasteiger charge is 2.10. The first-order chi connectivity index (χ1) is 7.27. The number of nitrogens with one attached hydrogen (secondary N) is 1. The van der Waals surface area contributed by atoms with Gasteiger partial charge < -0.3 is 10.1 Å². The van der Waals surface area contributed by atoms with Crippen molar-refractivity contribution in [2.75, 3.05) is 20.3 Å². The van der Waals surface area contributed by atoms with Crippen LogP contribution in [-0.4, -0.2) is 25.2 Å². The summed E-state index contributed by atoms with van der Waals surface area (Å²) in [6.45, 7) is 5.60. The van der Waals surface area contributed by atoms with E-state index in [1.807, 2.05) is 32.2 Å². The SMILES string of the molecule is CCCOCC(NC)c1cccc(C)n1. The predicted molar refractivity (Wildman–Crippen MR) is 61.9 cm³/mol. The number of likely N-dealkylation sites (N-methyl/N-ethyl adjacent to an activating group) is 1. The number of nitrogens with zero attached hydrogens (tertiary/aromatic N) is 1. The van der Waals surface area contributed by atoms with Crippen molar-refractivity contribution in [3.8, 4) is 0 Å². The smallest absolute Gasteiger partial charge is 0.0730 e. The summed E-state index contributed by atoms with van der Waals surface area (Å²) in [5.74, 6) is 0. The Hall–Kier alpha value is -0.930. The van der Waals surface area contributed by atoms with Crippen molar-refractivity contribution in [3.63, 3.8) is 0 Å². The molecule has 1 rings (SSSR count). The van der Waals surface area contributed by atoms with Crippen LogP contribution in [0.2, 0.25) is 0 Å². The van der Waals surface area contributed by atoms with Crippen molar-refractivity contribution < 1.29 is 4.74 Å². The van der Waals surface area contributed by atoms with Gasteiger partial charge in [-0.2, -0.15) is 0 Å². The lowest BCUT2D eigenvalue weighted by molar-refractivity contribution is 0.113. The summed E-state index contributed by atoms with van der Waals surface area (Å²) in [6.07, 6.45) is 1.05. The first-order valence-electron chi connectivity index (χ1n) is 5.46. The lowest BCUT2D eigenvalue weighted by atomic mass is 10.2. The molecule has 1 aromatic heterocycles. The first-order valence-corrected chi connectivity index (χ1v) is 5.46. The second kappa shape index (κ2) is 6.53. The minimum absolute atomic E-state index is 0.191. The zero-order valence-electron chi connectivity index (χ0n) is 9.79. The fourth-order valence-corrected chi connectivity index (χ4v) is 1.42. The predicted octanol–water partition coefficient (Wildman–Crippen LogP) is 2.08. The molecule has 0 aromatic carbocycles. The summed E-state index contributed by atoms with van der Waals surface area (Å²) in [4.78, 5) is 4.48. The van der Waals surface area contributed by atoms with Gasteiger partial charge >= 0.3 is 0 Å². The van der Waals surface area contributed by atoms with Gasteiger partial charge in [0.05, 0.1) is 18.3 Å². The van der Waals surface area contributed by atoms with E-state index in [9.17, 15) is 0 Å². The number of ether oxygens (including phenoxy) is 1. The van der Waals surface area contributed by atoms with Crippen LogP contribution < -0.4 is 5.32 Å². The summed E-state index contributed by atoms with van der Waals surface area (Å²) in [6, 6.07) is 6.26. The summed E-state index contributed by atoms with van der Waals surface area (Å²) in [5.41, 5.74) is 2.09. The molecule has 0 amide bonds. The molecule has 0 bridgehead atoms. The minimum atomic E-state index is 0.191. The summed E-state index contributed by atoms with van der Waals surface area (Å²) in [7, 11) is 1.93. The number of hydrogen-bond acceptors (Lipinski definition) is 3. The van der Waals surface area contributed by atoms with Crippen LogP contribution in [0.25, 0.3) is 0 Å². The van der Waals surface area contributed by atoms with Crippen LogP contribution in [-0.2, 0) is 4.74 Å². The zero-order chi connectivity index (χ0) is 11.1. The molecule has 15 heavy (non-hydrogen) atoms. The van der Waals surface area contributed by atoms with E-state index >= 15 is 0 Å². The van der Waals surface area contributed by atoms with Gasteiger partial charge in [0.15, 0.2) is 0 Å². The van der Waals surface area contributed by atoms with Gasteiger partial charge in [0, 0.05) is 12.3 Å². The maximum atomic E-state index is 5.53. The third-order valence-corrected chi connectivity index (χ3v) is 2.25. The maximum absolute atomic E-state index is 5.53. The Morgan fingerprint density at radius 1 is 1.47 bits per heavy atom. The van der Waals surface area contributed by atoms with Crippen LogP contribution in [0.5, 0.6) is 0 Å². The molecule has 0 radical (unpaired) electrons. The van der Waals surface area contributed by atoms with Gasteiger partial charge in [0.25, 0.3) is 0 Å². The molecule has 0 aliphatic rings. The van der Waals surface area contributed by atoms with Crippen LogP contribution >= 0.6 is 0 Å². The monoisotopic (exact) mass is 208 g/mol. The average Bonchev–Trinajstić information content (AvgIpc) is 2.24. The topological polar surface area (TPSA) is 34.1 Å². The van der Waals surface area contributed by atoms with Crippen LogP contribution in [0.15, 0.2) is 18.2 Å². The highest BCUT2D eigenvalue weighted by atomic mass is 16.5. The molecule has 0 aliphatic carbocycles. The minimum Gasteiger partial charge on any atom is -0.379 e. The normalized spacial score (nSPS) is 12.7. The van der Waals surface area contributed by atoms with Crippen LogP contribution in [0, 0.1) is 6.92 Å². The maximum Gasteiger partial charge on any atom is 0.0730 e. The Labute approximate surface area is 91.9 Å². The molecule has 0 spiro atoms. The van der Waals surface area contributed by atoms with Gasteiger partial charge in [-0.15, -0.1) is 0 Å². The standard InChI is InChI=1S/C12H20N2O/c1-4-8-15-9-12(13-3)11-7-5-6-10(2)14-11/h5-7,12-13H,4,8-9H2,1-3H3. The first kappa shape index (κ1) is 12.1. The zero-order valence-corrected chi connectivity index (χ0v) is 9.79. The lowest BCUT2D eigenvalue weighted by Gasteiger charge is -2.15. The van der Waals surface area contributed by atoms with E-state index in [0.717, 1.165) is 24.4 Å². The molecule has 0 fully saturated rings. The van der Waals surface area contributed by atoms with Crippen molar-refractivity contribution in [1.29, 1.82) is 0 Å². The van der Waals surface area contributed by atoms with Crippen molar-refractivity contribution in [2.45, 2.75) is 26.3 Å². The molecule has 3 nitrogen and oxygen atoms in total. The molecule has 1 aromatic rings. The highest BCUT2D eigenvalue weighted by molar-refractivity contribution is 5.13. The molecule has 1 atom stereocenters. The Bertz CT molecular complexity index is 289. The fourth-order valence-electron chi connectivity index (χ4n) is 1.42. The molecular formula is C12H20N2O. The van der Waals surface area contributed by atoms with Gasteiger partial charge in [-0.05, 0) is 32.5 Å². The van der Waals surface area contributed by atoms with E-state index < -0.39 is 0 Å². The molecule has 0 saturated carbocycles. The second-order valence-electron chi connectivity index (χ2n) is 3.62. The van der Waals surface area contributed by atoms with E-state index in [4.69, 9.17) is 4.74 Å². The van der Waals surface area contributed by atoms with E-state index in [-0.39, 0.29) is 6.04 Å². The average molecular weight is 208 g/mol. The summed E-state index contributed by atoms with van der Waals surface area (Å²) in [5, 5.41) is 3.22. The Balaban J connectivity index is 2.57. The molecule has 1 unspecified atom stereocenters. The Morgan fingerprint density at radius 3 is 2.87 bits per heavy atom. The molecular weight excluding hydrogens is 188 g/mol. The van der Waals surface area contributed by atoms with Crippen molar-refractivity contribution in [2.24, 2.45) is 0 Å². The van der Waals surface area contributed by atoms with E-state index in [0.29, 0.717) is 6.61 Å². The molecule has 0 aliphatic heterocycles. The number of pyridine rings is 1. The number of aromatic nitrogens is 1. The van der Waals surface area contributed by atoms with Gasteiger partial charge in [0.1, 0.15) is 0 Å². The molecule has 3 heteroatoms. The molecule has 0 saturated heterocycles. The van der Waals surface area contributed by atoms with Crippen LogP contribution in [0.3, 0.4) is 0 Å². The quantitative estimate of drug-likeness (QED) is 0.727. The van der Waals surface area contributed by atoms with Gasteiger partial charge in [-0.3, -0.25) is 4.98 Å². The van der Waals surface area contributed by atoms with Crippen molar-refractivity contribution >= 4 is 0 Å². The van der Waals surface area contributed by atoms with E-state index in [1.165, 1.54) is 0 Å². The highest BCUT2D eigenvalue weighted by Crippen LogP contribution is 2.10. The summed E-state index contributed by atoms with van der Waals surface area (Å²) >= 11 is 0. The third kappa shape index (κ3) is 3.98. The van der Waals surface area contributed by atoms with Gasteiger partial charge in [-0.25, -0.2) is 0 Å². The van der Waals surface area contributed by atoms with Crippen LogP contribution in [0.4, 0.5) is 0 Å². The Kier molecular flexibility index (Phi) is 5.29. The van der Waals surface area contributed by atoms with Gasteiger partial charge in [0.2, 0.25) is 0 Å². The van der Waals surface area contributed by atoms with E-state index in [2.05, 4.69) is 17.2 Å². The largest absolute Gasteiger partial charge is 0.379 e. The number of aryl methyl sites for hydroxylation is 1. The fraction of sp³-hybridized carbons (Fsp3) is 0.583. The number of hydrogen-bond donors (Lipinski definition) is 1.